The van der Waals surface area contributed by atoms with E-state index in [0.717, 1.165) is 4.90 Å². The van der Waals surface area contributed by atoms with Crippen LogP contribution < -0.4 is 19.5 Å². The third-order valence-corrected chi connectivity index (χ3v) is 6.82. The fourth-order valence-corrected chi connectivity index (χ4v) is 4.84. The number of anilines is 2. The van der Waals surface area contributed by atoms with Gasteiger partial charge in [-0.1, -0.05) is 30.3 Å². The Kier molecular flexibility index (Phi) is 8.02. The van der Waals surface area contributed by atoms with Crippen LogP contribution in [0.4, 0.5) is 11.4 Å². The van der Waals surface area contributed by atoms with Crippen LogP contribution in [0, 0.1) is 0 Å². The van der Waals surface area contributed by atoms with Gasteiger partial charge in [-0.05, 0) is 42.5 Å². The van der Waals surface area contributed by atoms with E-state index in [-0.39, 0.29) is 22.9 Å². The highest BCUT2D eigenvalue weighted by atomic mass is 32.2. The maximum atomic E-state index is 12.9. The molecule has 1 amide bonds. The zero-order chi connectivity index (χ0) is 23.0. The van der Waals surface area contributed by atoms with Crippen molar-refractivity contribution in [3.05, 3.63) is 72.8 Å². The van der Waals surface area contributed by atoms with Gasteiger partial charge in [-0.15, -0.1) is 11.8 Å². The van der Waals surface area contributed by atoms with Gasteiger partial charge < -0.3 is 14.8 Å². The second-order valence-electron chi connectivity index (χ2n) is 6.63. The van der Waals surface area contributed by atoms with Crippen molar-refractivity contribution in [1.82, 2.24) is 0 Å². The molecule has 168 valence electrons. The van der Waals surface area contributed by atoms with Gasteiger partial charge in [0, 0.05) is 17.1 Å². The molecule has 9 heteroatoms. The monoisotopic (exact) mass is 472 g/mol. The van der Waals surface area contributed by atoms with E-state index in [9.17, 15) is 13.2 Å². The maximum Gasteiger partial charge on any atom is 0.262 e. The number of thioether (sulfide) groups is 1. The number of para-hydroxylation sites is 2. The van der Waals surface area contributed by atoms with Crippen LogP contribution in [0.2, 0.25) is 0 Å². The van der Waals surface area contributed by atoms with Crippen molar-refractivity contribution in [3.8, 4) is 11.5 Å². The fourth-order valence-electron chi connectivity index (χ4n) is 2.88. The van der Waals surface area contributed by atoms with E-state index in [1.807, 2.05) is 30.3 Å². The SMILES string of the molecule is COc1ccc(S(=O)(=O)Nc2ccccc2OC)cc1NC(=O)CCSc1ccccc1. The van der Waals surface area contributed by atoms with Gasteiger partial charge in [-0.3, -0.25) is 9.52 Å². The first-order chi connectivity index (χ1) is 15.4. The molecule has 0 spiro atoms. The van der Waals surface area contributed by atoms with Gasteiger partial charge >= 0.3 is 0 Å². The van der Waals surface area contributed by atoms with Gasteiger partial charge in [0.05, 0.1) is 30.5 Å². The fraction of sp³-hybridized carbons (Fsp3) is 0.174. The molecule has 32 heavy (non-hydrogen) atoms. The van der Waals surface area contributed by atoms with Crippen LogP contribution in [0.5, 0.6) is 11.5 Å². The van der Waals surface area contributed by atoms with E-state index in [1.165, 1.54) is 32.4 Å². The molecule has 3 aromatic carbocycles. The van der Waals surface area contributed by atoms with Crippen LogP contribution >= 0.6 is 11.8 Å². The Morgan fingerprint density at radius 2 is 1.53 bits per heavy atom. The molecule has 0 unspecified atom stereocenters. The first kappa shape index (κ1) is 23.5. The van der Waals surface area contributed by atoms with Crippen LogP contribution in [-0.2, 0) is 14.8 Å². The molecule has 0 saturated carbocycles. The minimum atomic E-state index is -3.92. The van der Waals surface area contributed by atoms with Crippen molar-refractivity contribution in [2.24, 2.45) is 0 Å². The molecule has 3 aromatic rings. The Labute approximate surface area is 192 Å². The summed E-state index contributed by atoms with van der Waals surface area (Å²) in [6, 6.07) is 20.8. The number of amides is 1. The Hall–Kier alpha value is -3.17. The number of nitrogens with one attached hydrogen (secondary N) is 2. The molecule has 3 rings (SSSR count). The van der Waals surface area contributed by atoms with Crippen LogP contribution in [0.15, 0.2) is 82.6 Å². The second-order valence-corrected chi connectivity index (χ2v) is 9.48. The topological polar surface area (TPSA) is 93.7 Å². The van der Waals surface area contributed by atoms with Crippen LogP contribution in [0.3, 0.4) is 0 Å². The lowest BCUT2D eigenvalue weighted by Crippen LogP contribution is -2.16. The lowest BCUT2D eigenvalue weighted by atomic mass is 10.3. The number of hydrogen-bond acceptors (Lipinski definition) is 6. The number of hydrogen-bond donors (Lipinski definition) is 2. The molecule has 2 N–H and O–H groups in total. The number of carbonyl (C=O) groups is 1. The van der Waals surface area contributed by atoms with Crippen molar-refractivity contribution in [2.75, 3.05) is 30.0 Å². The molecule has 0 aromatic heterocycles. The number of rotatable bonds is 10. The predicted molar refractivity (Wildman–Crippen MR) is 127 cm³/mol. The van der Waals surface area contributed by atoms with E-state index in [2.05, 4.69) is 10.0 Å². The van der Waals surface area contributed by atoms with Crippen molar-refractivity contribution in [3.63, 3.8) is 0 Å². The lowest BCUT2D eigenvalue weighted by molar-refractivity contribution is -0.115. The summed E-state index contributed by atoms with van der Waals surface area (Å²) < 4.78 is 38.8. The number of sulfonamides is 1. The summed E-state index contributed by atoms with van der Waals surface area (Å²) in [7, 11) is -1.00. The highest BCUT2D eigenvalue weighted by molar-refractivity contribution is 7.99. The van der Waals surface area contributed by atoms with Gasteiger partial charge in [-0.2, -0.15) is 0 Å². The molecule has 7 nitrogen and oxygen atoms in total. The molecule has 0 saturated heterocycles. The summed E-state index contributed by atoms with van der Waals surface area (Å²) in [4.78, 5) is 13.5. The quantitative estimate of drug-likeness (QED) is 0.418. The van der Waals surface area contributed by atoms with Crippen LogP contribution in [-0.4, -0.2) is 34.3 Å². The first-order valence-corrected chi connectivity index (χ1v) is 12.2. The summed E-state index contributed by atoms with van der Waals surface area (Å²) in [5.74, 6) is 1.12. The molecular formula is C23H24N2O5S2. The Morgan fingerprint density at radius 3 is 2.25 bits per heavy atom. The molecule has 0 heterocycles. The molecule has 0 radical (unpaired) electrons. The summed E-state index contributed by atoms with van der Waals surface area (Å²) in [5.41, 5.74) is 0.597. The van der Waals surface area contributed by atoms with Gasteiger partial charge in [0.1, 0.15) is 11.5 Å². The third kappa shape index (κ3) is 6.18. The number of carbonyl (C=O) groups excluding carboxylic acids is 1. The van der Waals surface area contributed by atoms with E-state index in [4.69, 9.17) is 9.47 Å². The summed E-state index contributed by atoms with van der Waals surface area (Å²) in [6.45, 7) is 0. The Morgan fingerprint density at radius 1 is 0.875 bits per heavy atom. The van der Waals surface area contributed by atoms with Crippen LogP contribution in [0.25, 0.3) is 0 Å². The van der Waals surface area contributed by atoms with Crippen molar-refractivity contribution in [1.29, 1.82) is 0 Å². The molecule has 0 fully saturated rings. The van der Waals surface area contributed by atoms with E-state index in [1.54, 1.807) is 36.0 Å². The minimum absolute atomic E-state index is 0.0156. The molecule has 0 bridgehead atoms. The highest BCUT2D eigenvalue weighted by Crippen LogP contribution is 2.31. The molecule has 0 aliphatic heterocycles. The number of benzene rings is 3. The van der Waals surface area contributed by atoms with Crippen molar-refractivity contribution in [2.45, 2.75) is 16.2 Å². The van der Waals surface area contributed by atoms with E-state index < -0.39 is 10.0 Å². The average Bonchev–Trinajstić information content (AvgIpc) is 2.80. The summed E-state index contributed by atoms with van der Waals surface area (Å²) in [5, 5.41) is 2.75. The molecular weight excluding hydrogens is 448 g/mol. The van der Waals surface area contributed by atoms with E-state index >= 15 is 0 Å². The lowest BCUT2D eigenvalue weighted by Gasteiger charge is -2.14. The third-order valence-electron chi connectivity index (χ3n) is 4.45. The smallest absolute Gasteiger partial charge is 0.262 e. The van der Waals surface area contributed by atoms with Gasteiger partial charge in [0.2, 0.25) is 5.91 Å². The second kappa shape index (κ2) is 10.9. The van der Waals surface area contributed by atoms with Crippen molar-refractivity contribution >= 4 is 39.1 Å². The molecule has 0 atom stereocenters. The predicted octanol–water partition coefficient (Wildman–Crippen LogP) is 4.63. The zero-order valence-electron chi connectivity index (χ0n) is 17.7. The molecule has 0 aliphatic carbocycles. The standard InChI is InChI=1S/C23H24N2O5S2/c1-29-21-11-7-6-10-19(21)25-32(27,28)18-12-13-22(30-2)20(16-18)24-23(26)14-15-31-17-8-4-3-5-9-17/h3-13,16,25H,14-15H2,1-2H3,(H,24,26). The van der Waals surface area contributed by atoms with Gasteiger partial charge in [-0.25, -0.2) is 8.42 Å². The number of methoxy groups -OCH3 is 2. The molecule has 0 aliphatic rings. The van der Waals surface area contributed by atoms with Gasteiger partial charge in [0.25, 0.3) is 10.0 Å². The zero-order valence-corrected chi connectivity index (χ0v) is 19.3. The summed E-state index contributed by atoms with van der Waals surface area (Å²) in [6.07, 6.45) is 0.263. The first-order valence-electron chi connectivity index (χ1n) is 9.74. The maximum absolute atomic E-state index is 12.9. The van der Waals surface area contributed by atoms with E-state index in [0.29, 0.717) is 22.9 Å². The van der Waals surface area contributed by atoms with Gasteiger partial charge in [0.15, 0.2) is 0 Å². The largest absolute Gasteiger partial charge is 0.495 e. The Bertz CT molecular complexity index is 1170. The van der Waals surface area contributed by atoms with Crippen molar-refractivity contribution < 1.29 is 22.7 Å². The minimum Gasteiger partial charge on any atom is -0.495 e. The summed E-state index contributed by atoms with van der Waals surface area (Å²) >= 11 is 1.57. The van der Waals surface area contributed by atoms with Crippen LogP contribution in [0.1, 0.15) is 6.42 Å². The average molecular weight is 473 g/mol. The normalized spacial score (nSPS) is 10.9. The Balaban J connectivity index is 1.72. The highest BCUT2D eigenvalue weighted by Gasteiger charge is 2.19. The number of ether oxygens (including phenoxy) is 2.